The van der Waals surface area contributed by atoms with Gasteiger partial charge in [0.2, 0.25) is 0 Å². The number of hydrogen-bond acceptors (Lipinski definition) is 4. The molecule has 178 valence electrons. The van der Waals surface area contributed by atoms with Crippen LogP contribution in [-0.2, 0) is 12.7 Å². The van der Waals surface area contributed by atoms with E-state index in [0.29, 0.717) is 22.0 Å². The summed E-state index contributed by atoms with van der Waals surface area (Å²) < 4.78 is 40.3. The van der Waals surface area contributed by atoms with Crippen LogP contribution in [0.25, 0.3) is 16.9 Å². The maximum Gasteiger partial charge on any atom is 0.416 e. The van der Waals surface area contributed by atoms with Gasteiger partial charge in [-0.15, -0.1) is 0 Å². The van der Waals surface area contributed by atoms with Crippen LogP contribution in [0.5, 0.6) is 0 Å². The molecule has 0 spiro atoms. The maximum absolute atomic E-state index is 13.0. The first-order valence-corrected chi connectivity index (χ1v) is 10.5. The molecule has 4 rings (SSSR count). The van der Waals surface area contributed by atoms with E-state index < -0.39 is 22.6 Å². The van der Waals surface area contributed by atoms with Crippen LogP contribution < -0.4 is 5.32 Å². The normalized spacial score (nSPS) is 11.3. The number of alkyl halides is 3. The molecule has 4 aromatic rings. The van der Waals surface area contributed by atoms with Gasteiger partial charge < -0.3 is 5.32 Å². The fraction of sp³-hybridized carbons (Fsp3) is 0.0833. The molecule has 0 aliphatic rings. The number of nitrogens with zero attached hydrogens (tertiary/aromatic N) is 3. The number of carbonyl (C=O) groups excluding carboxylic acids is 1. The second-order valence-corrected chi connectivity index (χ2v) is 7.92. The van der Waals surface area contributed by atoms with Crippen LogP contribution in [0.4, 0.5) is 18.9 Å². The maximum atomic E-state index is 13.0. The van der Waals surface area contributed by atoms with E-state index in [2.05, 4.69) is 10.4 Å². The average Bonchev–Trinajstić information content (AvgIpc) is 3.28. The Kier molecular flexibility index (Phi) is 6.57. The number of benzene rings is 3. The summed E-state index contributed by atoms with van der Waals surface area (Å²) in [6.45, 7) is -0.137. The standard InChI is InChI=1S/C24H16ClF3N4O3/c25-18-6-10-19(11-7-18)31-22(13-21(30-31)16-4-8-20(9-5-16)32(34)35)23(33)29-14-15-2-1-3-17(12-15)24(26,27)28/h1-13H,14H2,(H,29,33). The van der Waals surface area contributed by atoms with Gasteiger partial charge in [-0.25, -0.2) is 4.68 Å². The van der Waals surface area contributed by atoms with Crippen LogP contribution in [-0.4, -0.2) is 20.6 Å². The van der Waals surface area contributed by atoms with Crippen molar-refractivity contribution in [1.82, 2.24) is 15.1 Å². The first-order chi connectivity index (χ1) is 16.6. The Morgan fingerprint density at radius 1 is 1.03 bits per heavy atom. The second kappa shape index (κ2) is 9.59. The fourth-order valence-electron chi connectivity index (χ4n) is 3.35. The molecule has 0 unspecified atom stereocenters. The smallest absolute Gasteiger partial charge is 0.347 e. The first-order valence-electron chi connectivity index (χ1n) is 10.2. The Bertz CT molecular complexity index is 1380. The van der Waals surface area contributed by atoms with Crippen molar-refractivity contribution in [1.29, 1.82) is 0 Å². The molecule has 7 nitrogen and oxygen atoms in total. The summed E-state index contributed by atoms with van der Waals surface area (Å²) in [5.41, 5.74) is 0.927. The van der Waals surface area contributed by atoms with Crippen LogP contribution in [0.1, 0.15) is 21.6 Å². The average molecular weight is 501 g/mol. The summed E-state index contributed by atoms with van der Waals surface area (Å²) in [4.78, 5) is 23.4. The zero-order chi connectivity index (χ0) is 25.2. The monoisotopic (exact) mass is 500 g/mol. The molecule has 0 saturated heterocycles. The quantitative estimate of drug-likeness (QED) is 0.258. The topological polar surface area (TPSA) is 90.1 Å². The molecule has 1 heterocycles. The number of rotatable bonds is 6. The third kappa shape index (κ3) is 5.49. The Balaban J connectivity index is 1.65. The van der Waals surface area contributed by atoms with Crippen molar-refractivity contribution in [2.45, 2.75) is 12.7 Å². The van der Waals surface area contributed by atoms with Crippen molar-refractivity contribution >= 4 is 23.2 Å². The molecule has 3 aromatic carbocycles. The molecule has 0 atom stereocenters. The zero-order valence-corrected chi connectivity index (χ0v) is 18.5. The number of nitrogens with one attached hydrogen (secondary N) is 1. The van der Waals surface area contributed by atoms with Crippen LogP contribution >= 0.6 is 11.6 Å². The fourth-order valence-corrected chi connectivity index (χ4v) is 3.47. The van der Waals surface area contributed by atoms with Crippen molar-refractivity contribution in [2.24, 2.45) is 0 Å². The largest absolute Gasteiger partial charge is 0.416 e. The third-order valence-electron chi connectivity index (χ3n) is 5.09. The summed E-state index contributed by atoms with van der Waals surface area (Å²) in [5, 5.41) is 18.5. The van der Waals surface area contributed by atoms with E-state index >= 15 is 0 Å². The highest BCUT2D eigenvalue weighted by Crippen LogP contribution is 2.29. The van der Waals surface area contributed by atoms with Gasteiger partial charge in [0.1, 0.15) is 5.69 Å². The second-order valence-electron chi connectivity index (χ2n) is 7.49. The molecule has 0 aliphatic heterocycles. The lowest BCUT2D eigenvalue weighted by Crippen LogP contribution is -2.25. The van der Waals surface area contributed by atoms with Gasteiger partial charge in [-0.2, -0.15) is 18.3 Å². The molecule has 0 saturated carbocycles. The lowest BCUT2D eigenvalue weighted by atomic mass is 10.1. The van der Waals surface area contributed by atoms with Crippen molar-refractivity contribution in [3.63, 3.8) is 0 Å². The number of hydrogen-bond donors (Lipinski definition) is 1. The Labute approximate surface area is 201 Å². The summed E-state index contributed by atoms with van der Waals surface area (Å²) in [5.74, 6) is -0.571. The minimum absolute atomic E-state index is 0.0927. The van der Waals surface area contributed by atoms with Crippen molar-refractivity contribution in [3.05, 3.63) is 111 Å². The number of carbonyl (C=O) groups is 1. The van der Waals surface area contributed by atoms with E-state index in [1.807, 2.05) is 0 Å². The van der Waals surface area contributed by atoms with Crippen molar-refractivity contribution in [3.8, 4) is 16.9 Å². The van der Waals surface area contributed by atoms with Gasteiger partial charge in [0, 0.05) is 29.3 Å². The number of nitro benzene ring substituents is 1. The molecule has 0 bridgehead atoms. The van der Waals surface area contributed by atoms with Crippen LogP contribution in [0, 0.1) is 10.1 Å². The third-order valence-corrected chi connectivity index (χ3v) is 5.35. The Hall–Kier alpha value is -4.18. The summed E-state index contributed by atoms with van der Waals surface area (Å²) >= 11 is 5.96. The molecule has 0 fully saturated rings. The van der Waals surface area contributed by atoms with E-state index in [1.54, 1.807) is 24.3 Å². The van der Waals surface area contributed by atoms with E-state index in [9.17, 15) is 28.1 Å². The van der Waals surface area contributed by atoms with Crippen molar-refractivity contribution < 1.29 is 22.9 Å². The molecule has 11 heteroatoms. The van der Waals surface area contributed by atoms with E-state index in [0.717, 1.165) is 12.1 Å². The van der Waals surface area contributed by atoms with Crippen LogP contribution in [0.15, 0.2) is 78.9 Å². The van der Waals surface area contributed by atoms with E-state index in [1.165, 1.54) is 47.1 Å². The van der Waals surface area contributed by atoms with Gasteiger partial charge in [0.15, 0.2) is 0 Å². The summed E-state index contributed by atoms with van der Waals surface area (Å²) in [6, 6.07) is 18.4. The van der Waals surface area contributed by atoms with Crippen LogP contribution in [0.2, 0.25) is 5.02 Å². The number of non-ortho nitro benzene ring substituents is 1. The summed E-state index contributed by atoms with van der Waals surface area (Å²) in [7, 11) is 0. The highest BCUT2D eigenvalue weighted by Gasteiger charge is 2.30. The lowest BCUT2D eigenvalue weighted by molar-refractivity contribution is -0.384. The number of nitro groups is 1. The first kappa shape index (κ1) is 24.0. The minimum Gasteiger partial charge on any atom is -0.347 e. The van der Waals surface area contributed by atoms with Gasteiger partial charge in [0.25, 0.3) is 11.6 Å². The summed E-state index contributed by atoms with van der Waals surface area (Å²) in [6.07, 6.45) is -4.49. The lowest BCUT2D eigenvalue weighted by Gasteiger charge is -2.11. The number of aromatic nitrogens is 2. The van der Waals surface area contributed by atoms with Gasteiger partial charge in [0.05, 0.1) is 21.9 Å². The molecule has 1 amide bonds. The molecule has 0 aliphatic carbocycles. The Morgan fingerprint density at radius 3 is 2.34 bits per heavy atom. The minimum atomic E-state index is -4.49. The zero-order valence-electron chi connectivity index (χ0n) is 17.8. The number of amides is 1. The molecule has 0 radical (unpaired) electrons. The van der Waals surface area contributed by atoms with Gasteiger partial charge in [-0.3, -0.25) is 14.9 Å². The molecule has 1 aromatic heterocycles. The molecule has 1 N–H and O–H groups in total. The van der Waals surface area contributed by atoms with E-state index in [-0.39, 0.29) is 23.5 Å². The predicted octanol–water partition coefficient (Wildman–Crippen LogP) is 6.05. The molecular formula is C24H16ClF3N4O3. The van der Waals surface area contributed by atoms with Gasteiger partial charge in [-0.1, -0.05) is 23.7 Å². The molecule has 35 heavy (non-hydrogen) atoms. The van der Waals surface area contributed by atoms with E-state index in [4.69, 9.17) is 11.6 Å². The Morgan fingerprint density at radius 2 is 1.71 bits per heavy atom. The highest BCUT2D eigenvalue weighted by molar-refractivity contribution is 6.30. The van der Waals surface area contributed by atoms with Gasteiger partial charge >= 0.3 is 6.18 Å². The predicted molar refractivity (Wildman–Crippen MR) is 123 cm³/mol. The highest BCUT2D eigenvalue weighted by atomic mass is 35.5. The van der Waals surface area contributed by atoms with Crippen LogP contribution in [0.3, 0.4) is 0 Å². The molecular weight excluding hydrogens is 485 g/mol. The number of halogens is 4. The van der Waals surface area contributed by atoms with Gasteiger partial charge in [-0.05, 0) is 60.2 Å². The SMILES string of the molecule is O=C(NCc1cccc(C(F)(F)F)c1)c1cc(-c2ccc([N+](=O)[O-])cc2)nn1-c1ccc(Cl)cc1. The van der Waals surface area contributed by atoms with Crippen molar-refractivity contribution in [2.75, 3.05) is 0 Å².